The summed E-state index contributed by atoms with van der Waals surface area (Å²) in [5.74, 6) is 0.448. The van der Waals surface area contributed by atoms with Gasteiger partial charge in [0.25, 0.3) is 0 Å². The largest absolute Gasteiger partial charge is 0.342 e. The van der Waals surface area contributed by atoms with Gasteiger partial charge >= 0.3 is 0 Å². The first-order chi connectivity index (χ1) is 10.7. The number of piperidine rings is 1. The lowest BCUT2D eigenvalue weighted by Crippen LogP contribution is -2.53. The van der Waals surface area contributed by atoms with Gasteiger partial charge in [-0.15, -0.1) is 0 Å². The molecule has 2 rings (SSSR count). The van der Waals surface area contributed by atoms with Crippen molar-refractivity contribution in [1.29, 1.82) is 0 Å². The Morgan fingerprint density at radius 3 is 1.70 bits per heavy atom. The Morgan fingerprint density at radius 1 is 0.783 bits per heavy atom. The molecule has 130 valence electrons. The highest BCUT2D eigenvalue weighted by Crippen LogP contribution is 2.25. The highest BCUT2D eigenvalue weighted by Gasteiger charge is 2.34. The number of hydrogen-bond donors (Lipinski definition) is 0. The predicted molar refractivity (Wildman–Crippen MR) is 87.6 cm³/mol. The van der Waals surface area contributed by atoms with E-state index in [4.69, 9.17) is 0 Å². The number of likely N-dealkylation sites (tertiary alicyclic amines) is 1. The quantitative estimate of drug-likeness (QED) is 0.722. The van der Waals surface area contributed by atoms with E-state index in [0.717, 1.165) is 12.8 Å². The van der Waals surface area contributed by atoms with Crippen molar-refractivity contribution < 1.29 is 14.4 Å². The van der Waals surface area contributed by atoms with Crippen molar-refractivity contribution in [3.8, 4) is 0 Å². The molecule has 0 unspecified atom stereocenters. The fraction of sp³-hybridized carbons (Fsp3) is 0.824. The number of carbonyl (C=O) groups excluding carboxylic acids is 3. The third-order valence-corrected chi connectivity index (χ3v) is 4.81. The van der Waals surface area contributed by atoms with E-state index in [-0.39, 0.29) is 29.1 Å². The summed E-state index contributed by atoms with van der Waals surface area (Å²) in [6.45, 7) is 11.2. The highest BCUT2D eigenvalue weighted by atomic mass is 16.2. The van der Waals surface area contributed by atoms with Gasteiger partial charge in [0.1, 0.15) is 0 Å². The summed E-state index contributed by atoms with van der Waals surface area (Å²) in [6, 6.07) is 0. The van der Waals surface area contributed by atoms with Gasteiger partial charge in [-0.3, -0.25) is 14.4 Å². The predicted octanol–water partition coefficient (Wildman–Crippen LogP) is 0.962. The van der Waals surface area contributed by atoms with Gasteiger partial charge < -0.3 is 14.7 Å². The van der Waals surface area contributed by atoms with E-state index in [9.17, 15) is 14.4 Å². The number of piperazine rings is 1. The molecule has 0 saturated carbocycles. The Hall–Kier alpha value is -1.59. The van der Waals surface area contributed by atoms with Gasteiger partial charge in [-0.25, -0.2) is 0 Å². The van der Waals surface area contributed by atoms with Crippen molar-refractivity contribution in [2.45, 2.75) is 40.5 Å². The number of rotatable bonds is 1. The van der Waals surface area contributed by atoms with Crippen molar-refractivity contribution in [1.82, 2.24) is 14.7 Å². The van der Waals surface area contributed by atoms with E-state index in [1.54, 1.807) is 11.8 Å². The van der Waals surface area contributed by atoms with Gasteiger partial charge in [-0.2, -0.15) is 0 Å². The van der Waals surface area contributed by atoms with Crippen molar-refractivity contribution in [3.63, 3.8) is 0 Å². The third kappa shape index (κ3) is 4.24. The molecule has 0 aromatic heterocycles. The topological polar surface area (TPSA) is 60.9 Å². The lowest BCUT2D eigenvalue weighted by molar-refractivity contribution is -0.146. The van der Waals surface area contributed by atoms with Gasteiger partial charge in [0, 0.05) is 57.5 Å². The van der Waals surface area contributed by atoms with Crippen LogP contribution in [0.3, 0.4) is 0 Å². The molecule has 0 bridgehead atoms. The number of hydrogen-bond acceptors (Lipinski definition) is 3. The molecular weight excluding hydrogens is 294 g/mol. The zero-order valence-electron chi connectivity index (χ0n) is 14.8. The number of nitrogens with zero attached hydrogens (tertiary/aromatic N) is 3. The Kier molecular flexibility index (Phi) is 5.32. The second-order valence-corrected chi connectivity index (χ2v) is 7.65. The van der Waals surface area contributed by atoms with Crippen LogP contribution in [0.1, 0.15) is 40.5 Å². The van der Waals surface area contributed by atoms with Crippen LogP contribution >= 0.6 is 0 Å². The van der Waals surface area contributed by atoms with Crippen LogP contribution in [0.2, 0.25) is 0 Å². The van der Waals surface area contributed by atoms with Gasteiger partial charge in [0.2, 0.25) is 17.7 Å². The zero-order chi connectivity index (χ0) is 17.2. The van der Waals surface area contributed by atoms with Crippen molar-refractivity contribution in [3.05, 3.63) is 0 Å². The first-order valence-corrected chi connectivity index (χ1v) is 8.54. The molecule has 0 N–H and O–H groups in total. The van der Waals surface area contributed by atoms with Crippen LogP contribution in [-0.2, 0) is 14.4 Å². The molecule has 2 saturated heterocycles. The fourth-order valence-corrected chi connectivity index (χ4v) is 3.30. The molecule has 0 atom stereocenters. The van der Waals surface area contributed by atoms with E-state index < -0.39 is 0 Å². The summed E-state index contributed by atoms with van der Waals surface area (Å²) >= 11 is 0. The van der Waals surface area contributed by atoms with E-state index >= 15 is 0 Å². The van der Waals surface area contributed by atoms with Crippen molar-refractivity contribution in [2.75, 3.05) is 39.3 Å². The minimum absolute atomic E-state index is 0.0166. The summed E-state index contributed by atoms with van der Waals surface area (Å²) in [4.78, 5) is 41.8. The molecule has 2 fully saturated rings. The lowest BCUT2D eigenvalue weighted by Gasteiger charge is -2.39. The molecule has 0 aromatic rings. The monoisotopic (exact) mass is 323 g/mol. The molecule has 6 heteroatoms. The van der Waals surface area contributed by atoms with Gasteiger partial charge in [0.15, 0.2) is 0 Å². The summed E-state index contributed by atoms with van der Waals surface area (Å²) in [5.41, 5.74) is -0.361. The van der Waals surface area contributed by atoms with Crippen LogP contribution in [0.4, 0.5) is 0 Å². The van der Waals surface area contributed by atoms with Gasteiger partial charge in [-0.1, -0.05) is 20.8 Å². The first-order valence-electron chi connectivity index (χ1n) is 8.54. The minimum Gasteiger partial charge on any atom is -0.342 e. The molecule has 2 aliphatic rings. The maximum Gasteiger partial charge on any atom is 0.227 e. The van der Waals surface area contributed by atoms with Crippen molar-refractivity contribution >= 4 is 17.7 Å². The second kappa shape index (κ2) is 6.89. The maximum atomic E-state index is 12.6. The average Bonchev–Trinajstić information content (AvgIpc) is 2.53. The summed E-state index contributed by atoms with van der Waals surface area (Å²) in [5, 5.41) is 0. The average molecular weight is 323 g/mol. The maximum absolute atomic E-state index is 12.6. The van der Waals surface area contributed by atoms with Crippen molar-refractivity contribution in [2.24, 2.45) is 11.3 Å². The fourth-order valence-electron chi connectivity index (χ4n) is 3.30. The van der Waals surface area contributed by atoms with Crippen LogP contribution in [0.5, 0.6) is 0 Å². The SMILES string of the molecule is CC(=O)N1CCN(C(=O)C2CCN(C(=O)C(C)(C)C)CC2)CC1. The normalized spacial score (nSPS) is 20.6. The van der Waals surface area contributed by atoms with E-state index in [1.807, 2.05) is 30.6 Å². The molecule has 2 heterocycles. The van der Waals surface area contributed by atoms with Gasteiger partial charge in [0.05, 0.1) is 0 Å². The molecule has 0 aliphatic carbocycles. The second-order valence-electron chi connectivity index (χ2n) is 7.65. The Labute approximate surface area is 138 Å². The Bertz CT molecular complexity index is 468. The number of carbonyl (C=O) groups is 3. The van der Waals surface area contributed by atoms with Crippen LogP contribution in [0, 0.1) is 11.3 Å². The van der Waals surface area contributed by atoms with Crippen LogP contribution in [0.15, 0.2) is 0 Å². The van der Waals surface area contributed by atoms with E-state index in [1.165, 1.54) is 0 Å². The standard InChI is InChI=1S/C17H29N3O3/c1-13(21)18-9-11-19(12-10-18)15(22)14-5-7-20(8-6-14)16(23)17(2,3)4/h14H,5-12H2,1-4H3. The molecule has 0 aromatic carbocycles. The molecule has 23 heavy (non-hydrogen) atoms. The van der Waals surface area contributed by atoms with Crippen LogP contribution < -0.4 is 0 Å². The summed E-state index contributed by atoms with van der Waals surface area (Å²) in [6.07, 6.45) is 1.49. The molecule has 0 radical (unpaired) electrons. The first kappa shape index (κ1) is 17.8. The minimum atomic E-state index is -0.361. The Morgan fingerprint density at radius 2 is 1.26 bits per heavy atom. The molecule has 2 aliphatic heterocycles. The van der Waals surface area contributed by atoms with Gasteiger partial charge in [-0.05, 0) is 12.8 Å². The third-order valence-electron chi connectivity index (χ3n) is 4.81. The van der Waals surface area contributed by atoms with E-state index in [2.05, 4.69) is 0 Å². The summed E-state index contributed by atoms with van der Waals surface area (Å²) < 4.78 is 0. The smallest absolute Gasteiger partial charge is 0.227 e. The molecule has 0 spiro atoms. The van der Waals surface area contributed by atoms with Crippen LogP contribution in [-0.4, -0.2) is 71.7 Å². The Balaban J connectivity index is 1.83. The zero-order valence-corrected chi connectivity index (χ0v) is 14.8. The highest BCUT2D eigenvalue weighted by molar-refractivity contribution is 5.83. The molecular formula is C17H29N3O3. The number of amides is 3. The van der Waals surface area contributed by atoms with E-state index in [0.29, 0.717) is 39.3 Å². The van der Waals surface area contributed by atoms with Crippen LogP contribution in [0.25, 0.3) is 0 Å². The summed E-state index contributed by atoms with van der Waals surface area (Å²) in [7, 11) is 0. The molecule has 3 amide bonds. The molecule has 6 nitrogen and oxygen atoms in total. The lowest BCUT2D eigenvalue weighted by atomic mass is 9.90.